The molecule has 1 heterocycles. The second-order valence-electron chi connectivity index (χ2n) is 5.91. The molecule has 1 amide bonds. The van der Waals surface area contributed by atoms with Gasteiger partial charge in [0.1, 0.15) is 5.82 Å². The van der Waals surface area contributed by atoms with Crippen molar-refractivity contribution in [2.45, 2.75) is 31.6 Å². The Labute approximate surface area is 139 Å². The van der Waals surface area contributed by atoms with Crippen molar-refractivity contribution in [3.63, 3.8) is 0 Å². The van der Waals surface area contributed by atoms with Crippen molar-refractivity contribution in [1.29, 1.82) is 0 Å². The van der Waals surface area contributed by atoms with E-state index in [1.165, 1.54) is 6.07 Å². The minimum absolute atomic E-state index is 0.118. The molecule has 1 aliphatic rings. The van der Waals surface area contributed by atoms with Crippen molar-refractivity contribution in [1.82, 2.24) is 0 Å². The topological polar surface area (TPSA) is 75.3 Å². The number of hydrogen-bond donors (Lipinski definition) is 2. The van der Waals surface area contributed by atoms with Gasteiger partial charge in [-0.3, -0.25) is 9.52 Å². The summed E-state index contributed by atoms with van der Waals surface area (Å²) in [6.45, 7) is 3.48. The predicted octanol–water partition coefficient (Wildman–Crippen LogP) is 3.13. The van der Waals surface area contributed by atoms with E-state index in [0.29, 0.717) is 29.7 Å². The Bertz CT molecular complexity index is 939. The van der Waals surface area contributed by atoms with Crippen molar-refractivity contribution in [2.24, 2.45) is 0 Å². The SMILES string of the molecule is Cc1ccc(C)c(S(=O)(=O)Nc2cc3c(cc2F)NC(=O)CC3)c1. The maximum absolute atomic E-state index is 14.3. The standard InChI is InChI=1S/C17H17FN2O3S/c1-10-3-4-11(2)16(7-10)24(22,23)20-15-8-12-5-6-17(21)19-14(12)9-13(15)18/h3-4,7-9,20H,5-6H2,1-2H3,(H,19,21). The van der Waals surface area contributed by atoms with Crippen molar-refractivity contribution in [3.8, 4) is 0 Å². The molecule has 7 heteroatoms. The van der Waals surface area contributed by atoms with Crippen LogP contribution in [0.2, 0.25) is 0 Å². The van der Waals surface area contributed by atoms with Crippen molar-refractivity contribution in [2.75, 3.05) is 10.0 Å². The van der Waals surface area contributed by atoms with Crippen LogP contribution < -0.4 is 10.0 Å². The van der Waals surface area contributed by atoms with Gasteiger partial charge in [-0.25, -0.2) is 12.8 Å². The fourth-order valence-electron chi connectivity index (χ4n) is 2.68. The Kier molecular flexibility index (Phi) is 4.04. The number of sulfonamides is 1. The minimum Gasteiger partial charge on any atom is -0.326 e. The molecule has 0 bridgehead atoms. The van der Waals surface area contributed by atoms with Crippen LogP contribution in [0, 0.1) is 19.7 Å². The zero-order valence-electron chi connectivity index (χ0n) is 13.3. The zero-order chi connectivity index (χ0) is 17.5. The molecule has 0 spiro atoms. The third-order valence-corrected chi connectivity index (χ3v) is 5.47. The second-order valence-corrected chi connectivity index (χ2v) is 7.56. The van der Waals surface area contributed by atoms with Crippen LogP contribution >= 0.6 is 0 Å². The van der Waals surface area contributed by atoms with Gasteiger partial charge in [-0.05, 0) is 55.2 Å². The summed E-state index contributed by atoms with van der Waals surface area (Å²) in [6.07, 6.45) is 0.738. The fourth-order valence-corrected chi connectivity index (χ4v) is 4.07. The lowest BCUT2D eigenvalue weighted by atomic mass is 10.0. The highest BCUT2D eigenvalue weighted by molar-refractivity contribution is 7.92. The molecular formula is C17H17FN2O3S. The number of anilines is 2. The molecule has 5 nitrogen and oxygen atoms in total. The number of carbonyl (C=O) groups excluding carboxylic acids is 1. The molecule has 0 saturated heterocycles. The Hall–Kier alpha value is -2.41. The summed E-state index contributed by atoms with van der Waals surface area (Å²) in [5.41, 5.74) is 2.35. The molecule has 0 radical (unpaired) electrons. The molecule has 0 atom stereocenters. The highest BCUT2D eigenvalue weighted by atomic mass is 32.2. The first kappa shape index (κ1) is 16.4. The number of halogens is 1. The molecule has 2 aromatic rings. The van der Waals surface area contributed by atoms with Crippen molar-refractivity contribution < 1.29 is 17.6 Å². The molecule has 3 rings (SSSR count). The first-order valence-electron chi connectivity index (χ1n) is 7.48. The van der Waals surface area contributed by atoms with E-state index >= 15 is 0 Å². The minimum atomic E-state index is -3.90. The average molecular weight is 348 g/mol. The van der Waals surface area contributed by atoms with E-state index in [0.717, 1.165) is 11.6 Å². The maximum atomic E-state index is 14.3. The summed E-state index contributed by atoms with van der Waals surface area (Å²) in [5, 5.41) is 2.58. The number of hydrogen-bond acceptors (Lipinski definition) is 3. The summed E-state index contributed by atoms with van der Waals surface area (Å²) in [6, 6.07) is 7.66. The van der Waals surface area contributed by atoms with Gasteiger partial charge in [0.05, 0.1) is 10.6 Å². The van der Waals surface area contributed by atoms with Crippen LogP contribution in [0.1, 0.15) is 23.1 Å². The number of rotatable bonds is 3. The van der Waals surface area contributed by atoms with E-state index in [1.807, 2.05) is 6.07 Å². The van der Waals surface area contributed by atoms with Gasteiger partial charge in [0.25, 0.3) is 10.0 Å². The summed E-state index contributed by atoms with van der Waals surface area (Å²) < 4.78 is 41.8. The molecule has 24 heavy (non-hydrogen) atoms. The number of aryl methyl sites for hydroxylation is 3. The average Bonchev–Trinajstić information content (AvgIpc) is 2.50. The first-order chi connectivity index (χ1) is 11.3. The first-order valence-corrected chi connectivity index (χ1v) is 8.97. The van der Waals surface area contributed by atoms with Crippen LogP contribution in [0.25, 0.3) is 0 Å². The van der Waals surface area contributed by atoms with Crippen molar-refractivity contribution in [3.05, 3.63) is 52.8 Å². The molecule has 2 N–H and O–H groups in total. The zero-order valence-corrected chi connectivity index (χ0v) is 14.1. The third kappa shape index (κ3) is 3.12. The molecule has 126 valence electrons. The fraction of sp³-hybridized carbons (Fsp3) is 0.235. The van der Waals surface area contributed by atoms with E-state index in [4.69, 9.17) is 0 Å². The third-order valence-electron chi connectivity index (χ3n) is 3.97. The lowest BCUT2D eigenvalue weighted by Gasteiger charge is -2.19. The molecule has 0 saturated carbocycles. The van der Waals surface area contributed by atoms with Crippen LogP contribution in [-0.4, -0.2) is 14.3 Å². The van der Waals surface area contributed by atoms with Crippen LogP contribution in [0.15, 0.2) is 35.2 Å². The lowest BCUT2D eigenvalue weighted by molar-refractivity contribution is -0.116. The highest BCUT2D eigenvalue weighted by Crippen LogP contribution is 2.30. The van der Waals surface area contributed by atoms with Gasteiger partial charge in [0.15, 0.2) is 0 Å². The molecule has 2 aromatic carbocycles. The highest BCUT2D eigenvalue weighted by Gasteiger charge is 2.22. The quantitative estimate of drug-likeness (QED) is 0.895. The number of carbonyl (C=O) groups is 1. The molecule has 0 aliphatic carbocycles. The van der Waals surface area contributed by atoms with E-state index < -0.39 is 15.8 Å². The van der Waals surface area contributed by atoms with Gasteiger partial charge in [-0.2, -0.15) is 0 Å². The number of benzene rings is 2. The van der Waals surface area contributed by atoms with Gasteiger partial charge in [0.2, 0.25) is 5.91 Å². The molecule has 0 fully saturated rings. The van der Waals surface area contributed by atoms with Crippen LogP contribution in [-0.2, 0) is 21.2 Å². The van der Waals surface area contributed by atoms with Crippen LogP contribution in [0.4, 0.5) is 15.8 Å². The molecule has 0 unspecified atom stereocenters. The van der Waals surface area contributed by atoms with Crippen LogP contribution in [0.5, 0.6) is 0 Å². The second kappa shape index (κ2) is 5.90. The van der Waals surface area contributed by atoms with E-state index in [1.54, 1.807) is 26.0 Å². The summed E-state index contributed by atoms with van der Waals surface area (Å²) >= 11 is 0. The van der Waals surface area contributed by atoms with E-state index in [-0.39, 0.29) is 16.5 Å². The molecular weight excluding hydrogens is 331 g/mol. The van der Waals surface area contributed by atoms with Gasteiger partial charge in [-0.15, -0.1) is 0 Å². The van der Waals surface area contributed by atoms with Gasteiger partial charge in [0, 0.05) is 12.1 Å². The van der Waals surface area contributed by atoms with Gasteiger partial charge < -0.3 is 5.32 Å². The molecule has 0 aromatic heterocycles. The smallest absolute Gasteiger partial charge is 0.262 e. The van der Waals surface area contributed by atoms with Gasteiger partial charge >= 0.3 is 0 Å². The van der Waals surface area contributed by atoms with Crippen LogP contribution in [0.3, 0.4) is 0 Å². The summed E-state index contributed by atoms with van der Waals surface area (Å²) in [5.74, 6) is -0.907. The monoisotopic (exact) mass is 348 g/mol. The Morgan fingerprint density at radius 1 is 1.12 bits per heavy atom. The van der Waals surface area contributed by atoms with E-state index in [2.05, 4.69) is 10.0 Å². The summed E-state index contributed by atoms with van der Waals surface area (Å²) in [4.78, 5) is 11.5. The van der Waals surface area contributed by atoms with Gasteiger partial charge in [-0.1, -0.05) is 12.1 Å². The normalized spacial score (nSPS) is 14.0. The van der Waals surface area contributed by atoms with E-state index in [9.17, 15) is 17.6 Å². The number of nitrogens with one attached hydrogen (secondary N) is 2. The predicted molar refractivity (Wildman–Crippen MR) is 90.1 cm³/mol. The Balaban J connectivity index is 1.99. The number of fused-ring (bicyclic) bond motifs is 1. The Morgan fingerprint density at radius 3 is 2.62 bits per heavy atom. The lowest BCUT2D eigenvalue weighted by Crippen LogP contribution is -2.20. The van der Waals surface area contributed by atoms with Crippen molar-refractivity contribution >= 4 is 27.3 Å². The Morgan fingerprint density at radius 2 is 1.88 bits per heavy atom. The largest absolute Gasteiger partial charge is 0.326 e. The summed E-state index contributed by atoms with van der Waals surface area (Å²) in [7, 11) is -3.90. The molecule has 1 aliphatic heterocycles. The maximum Gasteiger partial charge on any atom is 0.262 e. The number of amides is 1.